The van der Waals surface area contributed by atoms with Gasteiger partial charge in [0, 0.05) is 34.6 Å². The average molecular weight is 385 g/mol. The van der Waals surface area contributed by atoms with E-state index in [1.165, 1.54) is 0 Å². The van der Waals surface area contributed by atoms with Crippen molar-refractivity contribution in [3.63, 3.8) is 0 Å². The van der Waals surface area contributed by atoms with Crippen LogP contribution in [0.5, 0.6) is 0 Å². The van der Waals surface area contributed by atoms with Gasteiger partial charge in [0.1, 0.15) is 0 Å². The Morgan fingerprint density at radius 1 is 1.11 bits per heavy atom. The molecule has 0 spiro atoms. The van der Waals surface area contributed by atoms with E-state index in [0.29, 0.717) is 28.7 Å². The maximum Gasteiger partial charge on any atom is 0.192 e. The van der Waals surface area contributed by atoms with Gasteiger partial charge in [0.15, 0.2) is 19.9 Å². The minimum atomic E-state index is -2.00. The van der Waals surface area contributed by atoms with E-state index in [0.717, 1.165) is 0 Å². The highest BCUT2D eigenvalue weighted by molar-refractivity contribution is 6.74. The molecule has 1 heterocycles. The molecule has 4 nitrogen and oxygen atoms in total. The molecule has 144 valence electrons. The van der Waals surface area contributed by atoms with Gasteiger partial charge < -0.3 is 9.16 Å². The lowest BCUT2D eigenvalue weighted by Gasteiger charge is -2.41. The van der Waals surface area contributed by atoms with Gasteiger partial charge >= 0.3 is 0 Å². The van der Waals surface area contributed by atoms with Gasteiger partial charge in [-0.1, -0.05) is 45.0 Å². The summed E-state index contributed by atoms with van der Waals surface area (Å²) in [4.78, 5) is 26.4. The van der Waals surface area contributed by atoms with E-state index in [2.05, 4.69) is 33.9 Å². The number of epoxide rings is 1. The number of fused-ring (bicyclic) bond motifs is 2. The van der Waals surface area contributed by atoms with Gasteiger partial charge in [-0.25, -0.2) is 0 Å². The molecular weight excluding hydrogens is 356 g/mol. The smallest absolute Gasteiger partial charge is 0.192 e. The van der Waals surface area contributed by atoms with Crippen molar-refractivity contribution in [1.82, 2.24) is 0 Å². The molecule has 0 aromatic heterocycles. The van der Waals surface area contributed by atoms with E-state index in [9.17, 15) is 9.59 Å². The summed E-state index contributed by atoms with van der Waals surface area (Å²) in [5.41, 5.74) is 2.33. The molecule has 0 saturated carbocycles. The van der Waals surface area contributed by atoms with Crippen molar-refractivity contribution in [2.75, 3.05) is 0 Å². The summed E-state index contributed by atoms with van der Waals surface area (Å²) < 4.78 is 12.5. The predicted molar refractivity (Wildman–Crippen MR) is 107 cm³/mol. The summed E-state index contributed by atoms with van der Waals surface area (Å²) in [6, 6.07) is 7.15. The third-order valence-corrected chi connectivity index (χ3v) is 11.3. The summed E-state index contributed by atoms with van der Waals surface area (Å²) in [5, 5.41) is 0.0793. The normalized spacial score (nSPS) is 28.4. The second kappa shape index (κ2) is 5.97. The third-order valence-electron chi connectivity index (χ3n) is 6.77. The molecule has 1 fully saturated rings. The molecule has 27 heavy (non-hydrogen) atoms. The van der Waals surface area contributed by atoms with Crippen molar-refractivity contribution in [2.45, 2.75) is 70.6 Å². The number of hydrogen-bond acceptors (Lipinski definition) is 4. The van der Waals surface area contributed by atoms with Crippen LogP contribution in [0.1, 0.15) is 54.8 Å². The predicted octanol–water partition coefficient (Wildman–Crippen LogP) is 4.56. The number of carbonyl (C=O) groups excluding carboxylic acids is 2. The van der Waals surface area contributed by atoms with Crippen LogP contribution in [0.4, 0.5) is 0 Å². The Hall–Kier alpha value is -1.56. The van der Waals surface area contributed by atoms with E-state index in [1.807, 2.05) is 19.1 Å². The lowest BCUT2D eigenvalue weighted by Crippen LogP contribution is -2.47. The molecule has 4 atom stereocenters. The zero-order valence-electron chi connectivity index (χ0n) is 17.0. The Labute approximate surface area is 162 Å². The van der Waals surface area contributed by atoms with E-state index < -0.39 is 8.32 Å². The van der Waals surface area contributed by atoms with Crippen LogP contribution in [-0.2, 0) is 9.16 Å². The standard InChI is InChI=1S/C22H28O4Si/c1-12(26-27(5,6)22(2,3)4)17-18-15(11-16-21(17)25-16)19(23)13-9-7-8-10-14(13)20(18)24/h7-10,12,16-17,21H,11H2,1-6H3/t12-,16+,17+,21+/m0/s1. The van der Waals surface area contributed by atoms with E-state index in [4.69, 9.17) is 9.16 Å². The van der Waals surface area contributed by atoms with E-state index >= 15 is 0 Å². The Balaban J connectivity index is 1.73. The highest BCUT2D eigenvalue weighted by Crippen LogP contribution is 2.50. The highest BCUT2D eigenvalue weighted by Gasteiger charge is 2.57. The second-order valence-corrected chi connectivity index (χ2v) is 14.3. The molecular formula is C22H28O4Si. The molecule has 1 aliphatic heterocycles. The van der Waals surface area contributed by atoms with Crippen LogP contribution in [0.15, 0.2) is 35.4 Å². The van der Waals surface area contributed by atoms with Crippen molar-refractivity contribution in [2.24, 2.45) is 5.92 Å². The Morgan fingerprint density at radius 2 is 1.70 bits per heavy atom. The molecule has 0 amide bonds. The number of benzene rings is 1. The average Bonchev–Trinajstić information content (AvgIpc) is 3.35. The highest BCUT2D eigenvalue weighted by atomic mass is 28.4. The van der Waals surface area contributed by atoms with Crippen molar-refractivity contribution < 1.29 is 18.8 Å². The van der Waals surface area contributed by atoms with Crippen molar-refractivity contribution in [3.8, 4) is 0 Å². The first kappa shape index (κ1) is 18.8. The molecule has 4 rings (SSSR count). The van der Waals surface area contributed by atoms with E-state index in [-0.39, 0.29) is 40.8 Å². The van der Waals surface area contributed by atoms with Gasteiger partial charge in [0.05, 0.1) is 18.3 Å². The topological polar surface area (TPSA) is 55.9 Å². The van der Waals surface area contributed by atoms with Crippen LogP contribution >= 0.6 is 0 Å². The summed E-state index contributed by atoms with van der Waals surface area (Å²) >= 11 is 0. The van der Waals surface area contributed by atoms with Crippen molar-refractivity contribution >= 4 is 19.9 Å². The summed E-state index contributed by atoms with van der Waals surface area (Å²) in [6.07, 6.45) is 0.419. The maximum atomic E-state index is 13.3. The first-order valence-corrected chi connectivity index (χ1v) is 12.7. The molecule has 2 aliphatic carbocycles. The Morgan fingerprint density at radius 3 is 2.30 bits per heavy atom. The Bertz CT molecular complexity index is 861. The van der Waals surface area contributed by atoms with Crippen LogP contribution in [0.2, 0.25) is 18.1 Å². The van der Waals surface area contributed by atoms with Crippen molar-refractivity contribution in [1.29, 1.82) is 0 Å². The molecule has 1 aromatic carbocycles. The lowest BCUT2D eigenvalue weighted by atomic mass is 9.71. The van der Waals surface area contributed by atoms with Gasteiger partial charge in [0.2, 0.25) is 0 Å². The lowest BCUT2D eigenvalue weighted by molar-refractivity contribution is 0.0903. The van der Waals surface area contributed by atoms with Crippen molar-refractivity contribution in [3.05, 3.63) is 46.5 Å². The number of ketones is 2. The monoisotopic (exact) mass is 384 g/mol. The molecule has 5 heteroatoms. The quantitative estimate of drug-likeness (QED) is 0.566. The van der Waals surface area contributed by atoms with Gasteiger partial charge in [-0.15, -0.1) is 0 Å². The van der Waals surface area contributed by atoms with Gasteiger partial charge in [0.25, 0.3) is 0 Å². The number of hydrogen-bond donors (Lipinski definition) is 0. The number of Topliss-reactive ketones (excluding diaryl/α,β-unsaturated/α-hetero) is 2. The maximum absolute atomic E-state index is 13.3. The van der Waals surface area contributed by atoms with Crippen LogP contribution < -0.4 is 0 Å². The van der Waals surface area contributed by atoms with Gasteiger partial charge in [-0.3, -0.25) is 9.59 Å². The fourth-order valence-electron chi connectivity index (χ4n) is 4.22. The molecule has 0 radical (unpaired) electrons. The summed E-state index contributed by atoms with van der Waals surface area (Å²) in [7, 11) is -2.00. The fourth-order valence-corrected chi connectivity index (χ4v) is 5.65. The van der Waals surface area contributed by atoms with Gasteiger partial charge in [-0.05, 0) is 25.1 Å². The number of ether oxygens (including phenoxy) is 1. The zero-order chi connectivity index (χ0) is 19.7. The van der Waals surface area contributed by atoms with Crippen LogP contribution in [0.25, 0.3) is 0 Å². The molecule has 0 unspecified atom stereocenters. The zero-order valence-corrected chi connectivity index (χ0v) is 18.0. The second-order valence-electron chi connectivity index (χ2n) is 9.55. The van der Waals surface area contributed by atoms with E-state index in [1.54, 1.807) is 12.1 Å². The van der Waals surface area contributed by atoms with Crippen LogP contribution in [0, 0.1) is 5.92 Å². The minimum absolute atomic E-state index is 0.00877. The van der Waals surface area contributed by atoms with Crippen LogP contribution in [-0.4, -0.2) is 38.2 Å². The number of carbonyl (C=O) groups is 2. The first-order chi connectivity index (χ1) is 12.5. The molecule has 3 aliphatic rings. The molecule has 0 N–H and O–H groups in total. The SMILES string of the molecule is C[C@H](O[Si](C)(C)C(C)(C)C)[C@@H]1C2=C(C[C@H]3O[C@@H]13)C(=O)c1ccccc1C2=O. The fraction of sp³-hybridized carbons (Fsp3) is 0.545. The largest absolute Gasteiger partial charge is 0.413 e. The molecule has 1 aromatic rings. The van der Waals surface area contributed by atoms with Gasteiger partial charge in [-0.2, -0.15) is 0 Å². The summed E-state index contributed by atoms with van der Waals surface area (Å²) in [6.45, 7) is 13.1. The molecule has 0 bridgehead atoms. The number of rotatable bonds is 3. The Kier molecular flexibility index (Phi) is 4.15. The van der Waals surface area contributed by atoms with Crippen LogP contribution in [0.3, 0.4) is 0 Å². The first-order valence-electron chi connectivity index (χ1n) is 9.77. The minimum Gasteiger partial charge on any atom is -0.413 e. The molecule has 1 saturated heterocycles. The third kappa shape index (κ3) is 2.87. The summed E-state index contributed by atoms with van der Waals surface area (Å²) in [5.74, 6) is -0.207.